The van der Waals surface area contributed by atoms with Gasteiger partial charge in [-0.15, -0.1) is 0 Å². The van der Waals surface area contributed by atoms with E-state index in [1.807, 2.05) is 36.4 Å². The van der Waals surface area contributed by atoms with Crippen LogP contribution in [0.25, 0.3) is 16.7 Å². The van der Waals surface area contributed by atoms with Crippen LogP contribution in [-0.4, -0.2) is 82.6 Å². The van der Waals surface area contributed by atoms with E-state index < -0.39 is 5.60 Å². The number of methoxy groups -OCH3 is 1. The van der Waals surface area contributed by atoms with Crippen LogP contribution in [-0.2, 0) is 11.3 Å². The van der Waals surface area contributed by atoms with Crippen molar-refractivity contribution in [1.29, 1.82) is 0 Å². The minimum absolute atomic E-state index is 0.0918. The zero-order chi connectivity index (χ0) is 31.3. The quantitative estimate of drug-likeness (QED) is 0.344. The van der Waals surface area contributed by atoms with Crippen LogP contribution in [0.4, 0.5) is 23.0 Å². The van der Waals surface area contributed by atoms with Gasteiger partial charge in [-0.05, 0) is 64.1 Å². The smallest absolute Gasteiger partial charge is 0.278 e. The first kappa shape index (κ1) is 28.9. The normalized spacial score (nSPS) is 18.2. The average molecular weight is 611 g/mol. The van der Waals surface area contributed by atoms with Crippen molar-refractivity contribution in [3.05, 3.63) is 65.1 Å². The summed E-state index contributed by atoms with van der Waals surface area (Å²) in [5.41, 5.74) is 2.49. The number of carbonyl (C=O) groups is 1. The SMILES string of the molecule is COc1cc(Nc2ncc3c(=O)n4n(c3n2)-c2ccc3c(c2)N(CCCC=CC4)C(=O)C(C)(C)O3)ccc1N1CCN(C)CC1. The van der Waals surface area contributed by atoms with E-state index in [4.69, 9.17) is 14.5 Å². The van der Waals surface area contributed by atoms with Crippen LogP contribution in [0.15, 0.2) is 59.5 Å². The Morgan fingerprint density at radius 2 is 1.80 bits per heavy atom. The fourth-order valence-electron chi connectivity index (χ4n) is 6.28. The molecule has 12 heteroatoms. The lowest BCUT2D eigenvalue weighted by molar-refractivity contribution is -0.132. The second-order valence-electron chi connectivity index (χ2n) is 12.3. The van der Waals surface area contributed by atoms with Crippen LogP contribution in [0, 0.1) is 0 Å². The van der Waals surface area contributed by atoms with Crippen molar-refractivity contribution in [2.24, 2.45) is 0 Å². The maximum absolute atomic E-state index is 13.7. The molecule has 1 fully saturated rings. The number of carbonyl (C=O) groups excluding carboxylic acids is 1. The number of likely N-dealkylation sites (N-methyl/N-ethyl adjacent to an activating group) is 1. The molecule has 12 nitrogen and oxygen atoms in total. The zero-order valence-electron chi connectivity index (χ0n) is 26.1. The monoisotopic (exact) mass is 610 g/mol. The third kappa shape index (κ3) is 5.18. The Morgan fingerprint density at radius 3 is 2.60 bits per heavy atom. The first-order valence-electron chi connectivity index (χ1n) is 15.4. The fourth-order valence-corrected chi connectivity index (χ4v) is 6.28. The van der Waals surface area contributed by atoms with Crippen LogP contribution in [0.1, 0.15) is 26.7 Å². The Bertz CT molecular complexity index is 1870. The van der Waals surface area contributed by atoms with E-state index in [1.54, 1.807) is 41.4 Å². The molecule has 7 rings (SSSR count). The number of aromatic nitrogens is 4. The number of piperazine rings is 1. The van der Waals surface area contributed by atoms with Gasteiger partial charge in [0.1, 0.15) is 16.9 Å². The summed E-state index contributed by atoms with van der Waals surface area (Å²) in [6.45, 7) is 8.38. The summed E-state index contributed by atoms with van der Waals surface area (Å²) in [6, 6.07) is 11.6. The fraction of sp³-hybridized carbons (Fsp3) is 0.394. The second-order valence-corrected chi connectivity index (χ2v) is 12.3. The highest BCUT2D eigenvalue weighted by Crippen LogP contribution is 2.40. The molecule has 2 aromatic carbocycles. The van der Waals surface area contributed by atoms with Crippen molar-refractivity contribution in [3.63, 3.8) is 0 Å². The third-order valence-electron chi connectivity index (χ3n) is 8.76. The zero-order valence-corrected chi connectivity index (χ0v) is 26.1. The number of anilines is 4. The van der Waals surface area contributed by atoms with E-state index >= 15 is 0 Å². The number of amides is 1. The van der Waals surface area contributed by atoms with E-state index in [2.05, 4.69) is 39.3 Å². The van der Waals surface area contributed by atoms with Gasteiger partial charge in [0, 0.05) is 50.7 Å². The van der Waals surface area contributed by atoms with Gasteiger partial charge >= 0.3 is 0 Å². The number of hydrogen-bond acceptors (Lipinski definition) is 9. The third-order valence-corrected chi connectivity index (χ3v) is 8.76. The van der Waals surface area contributed by atoms with E-state index in [0.717, 1.165) is 56.1 Å². The van der Waals surface area contributed by atoms with Crippen LogP contribution in [0.2, 0.25) is 0 Å². The number of hydrogen-bond donors (Lipinski definition) is 1. The molecule has 0 atom stereocenters. The number of fused-ring (bicyclic) bond motifs is 5. The van der Waals surface area contributed by atoms with Crippen molar-refractivity contribution in [1.82, 2.24) is 24.2 Å². The number of ether oxygens (including phenoxy) is 2. The van der Waals surface area contributed by atoms with Crippen molar-refractivity contribution in [3.8, 4) is 17.2 Å². The molecule has 234 valence electrons. The molecule has 45 heavy (non-hydrogen) atoms. The van der Waals surface area contributed by atoms with E-state index in [-0.39, 0.29) is 11.5 Å². The lowest BCUT2D eigenvalue weighted by Crippen LogP contribution is -2.52. The largest absolute Gasteiger partial charge is 0.495 e. The predicted octanol–water partition coefficient (Wildman–Crippen LogP) is 3.94. The van der Waals surface area contributed by atoms with Crippen LogP contribution < -0.4 is 30.1 Å². The van der Waals surface area contributed by atoms with Crippen LogP contribution in [0.3, 0.4) is 0 Å². The molecule has 5 heterocycles. The van der Waals surface area contributed by atoms with Gasteiger partial charge in [0.05, 0.1) is 30.7 Å². The molecule has 4 aromatic rings. The summed E-state index contributed by atoms with van der Waals surface area (Å²) >= 11 is 0. The first-order valence-corrected chi connectivity index (χ1v) is 15.4. The molecular formula is C33H38N8O4. The van der Waals surface area contributed by atoms with Gasteiger partial charge in [0.2, 0.25) is 5.95 Å². The lowest BCUT2D eigenvalue weighted by Gasteiger charge is -2.39. The highest BCUT2D eigenvalue weighted by atomic mass is 16.5. The predicted molar refractivity (Wildman–Crippen MR) is 175 cm³/mol. The van der Waals surface area contributed by atoms with Gasteiger partial charge in [0.15, 0.2) is 11.2 Å². The maximum atomic E-state index is 13.7. The van der Waals surface area contributed by atoms with Gasteiger partial charge in [-0.1, -0.05) is 12.2 Å². The second kappa shape index (κ2) is 11.3. The molecule has 0 radical (unpaired) electrons. The van der Waals surface area contributed by atoms with Crippen molar-refractivity contribution >= 4 is 40.0 Å². The summed E-state index contributed by atoms with van der Waals surface area (Å²) in [7, 11) is 3.81. The molecule has 3 aliphatic heterocycles. The Labute approximate surface area is 261 Å². The van der Waals surface area contributed by atoms with Gasteiger partial charge in [-0.3, -0.25) is 9.59 Å². The highest BCUT2D eigenvalue weighted by molar-refractivity contribution is 6.02. The number of benzene rings is 2. The molecule has 1 amide bonds. The van der Waals surface area contributed by atoms with E-state index in [1.165, 1.54) is 0 Å². The van der Waals surface area contributed by atoms with Gasteiger partial charge in [-0.25, -0.2) is 14.3 Å². The molecule has 3 aliphatic rings. The Hall–Kier alpha value is -4.84. The van der Waals surface area contributed by atoms with Gasteiger partial charge in [0.25, 0.3) is 11.5 Å². The summed E-state index contributed by atoms with van der Waals surface area (Å²) in [5, 5.41) is 3.71. The van der Waals surface area contributed by atoms with Gasteiger partial charge in [-0.2, -0.15) is 4.98 Å². The molecule has 1 saturated heterocycles. The Morgan fingerprint density at radius 1 is 0.978 bits per heavy atom. The molecule has 0 unspecified atom stereocenters. The summed E-state index contributed by atoms with van der Waals surface area (Å²) in [6.07, 6.45) is 7.18. The van der Waals surface area contributed by atoms with Crippen molar-refractivity contribution in [2.45, 2.75) is 38.8 Å². The molecular weight excluding hydrogens is 572 g/mol. The first-order chi connectivity index (χ1) is 21.7. The van der Waals surface area contributed by atoms with Crippen molar-refractivity contribution < 1.29 is 14.3 Å². The minimum Gasteiger partial charge on any atom is -0.495 e. The molecule has 2 bridgehead atoms. The van der Waals surface area contributed by atoms with Crippen LogP contribution >= 0.6 is 0 Å². The molecule has 0 saturated carbocycles. The topological polar surface area (TPSA) is 110 Å². The van der Waals surface area contributed by atoms with Gasteiger partial charge < -0.3 is 29.5 Å². The van der Waals surface area contributed by atoms with E-state index in [0.29, 0.717) is 47.2 Å². The average Bonchev–Trinajstić information content (AvgIpc) is 3.30. The Balaban J connectivity index is 1.29. The minimum atomic E-state index is -0.969. The molecule has 1 N–H and O–H groups in total. The molecule has 0 spiro atoms. The summed E-state index contributed by atoms with van der Waals surface area (Å²) < 4.78 is 15.3. The molecule has 0 aliphatic carbocycles. The number of allylic oxidation sites excluding steroid dienone is 2. The summed E-state index contributed by atoms with van der Waals surface area (Å²) in [4.78, 5) is 42.9. The number of nitrogens with zero attached hydrogens (tertiary/aromatic N) is 7. The highest BCUT2D eigenvalue weighted by Gasteiger charge is 2.41. The van der Waals surface area contributed by atoms with Crippen LogP contribution in [0.5, 0.6) is 11.5 Å². The van der Waals surface area contributed by atoms with E-state index in [9.17, 15) is 9.59 Å². The molecule has 2 aromatic heterocycles. The Kier molecular flexibility index (Phi) is 7.23. The maximum Gasteiger partial charge on any atom is 0.278 e. The number of nitrogens with one attached hydrogen (secondary N) is 1. The standard InChI is InChI=1S/C33H38N8O4/c1-33(2)31(43)39-13-7-5-6-8-14-40-30(42)24-21-34-32(36-29(24)41(40)23-10-12-27(45-33)26(39)20-23)35-22-9-11-25(28(19-22)44-4)38-17-15-37(3)16-18-38/h6,8-12,19-21H,5,7,13-18H2,1-4H3,(H,34,35,36). The lowest BCUT2D eigenvalue weighted by atomic mass is 10.0. The summed E-state index contributed by atoms with van der Waals surface area (Å²) in [5.74, 6) is 1.65. The van der Waals surface area contributed by atoms with Crippen molar-refractivity contribution in [2.75, 3.05) is 62.0 Å². The number of rotatable bonds is 4.